The number of hydrogen-bond acceptors (Lipinski definition) is 4. The van der Waals surface area contributed by atoms with Crippen molar-refractivity contribution < 1.29 is 31.8 Å². The Hall–Kier alpha value is -4.64. The Balaban J connectivity index is 1.44. The van der Waals surface area contributed by atoms with E-state index in [9.17, 15) is 9.59 Å². The SMILES string of the molecule is [CH2]=[Ti]([O]C(=O)c1cccc2ccccc12)([O]C(=O)c1cccc2ccccc12)([C]1=CC=CC1)[CH]1C=Cc2ccccc21. The molecule has 5 heteroatoms. The van der Waals surface area contributed by atoms with Crippen molar-refractivity contribution in [3.8, 4) is 0 Å². The maximum absolute atomic E-state index is 14.4. The number of carbonyl (C=O) groups is 2. The molecule has 0 saturated heterocycles. The van der Waals surface area contributed by atoms with Crippen LogP contribution in [0, 0.1) is 0 Å². The van der Waals surface area contributed by atoms with E-state index < -0.39 is 31.8 Å². The molecule has 42 heavy (non-hydrogen) atoms. The monoisotopic (exact) mass is 584 g/mol. The molecule has 204 valence electrons. The number of carbonyl (C=O) groups excluding carboxylic acids is 2. The summed E-state index contributed by atoms with van der Waals surface area (Å²) >= 11 is -5.61. The van der Waals surface area contributed by atoms with Gasteiger partial charge in [0, 0.05) is 0 Å². The molecule has 2 aliphatic carbocycles. The van der Waals surface area contributed by atoms with E-state index >= 15 is 0 Å². The van der Waals surface area contributed by atoms with Gasteiger partial charge in [0.2, 0.25) is 0 Å². The fraction of sp³-hybridized carbons (Fsp3) is 0.0541. The minimum atomic E-state index is -5.61. The van der Waals surface area contributed by atoms with Gasteiger partial charge in [0.25, 0.3) is 0 Å². The molecule has 0 aromatic heterocycles. The molecule has 0 saturated carbocycles. The number of allylic oxidation sites excluding steroid dienone is 5. The second kappa shape index (κ2) is 10.0. The summed E-state index contributed by atoms with van der Waals surface area (Å²) in [6.45, 7) is 0. The number of benzene rings is 5. The third-order valence-corrected chi connectivity index (χ3v) is 15.9. The first-order chi connectivity index (χ1) is 20.4. The van der Waals surface area contributed by atoms with E-state index in [1.54, 1.807) is 12.1 Å². The second-order valence-corrected chi connectivity index (χ2v) is 17.7. The molecule has 0 aliphatic heterocycles. The van der Waals surface area contributed by atoms with Crippen molar-refractivity contribution in [1.82, 2.24) is 0 Å². The summed E-state index contributed by atoms with van der Waals surface area (Å²) in [6, 6.07) is 34.5. The van der Waals surface area contributed by atoms with E-state index in [-0.39, 0.29) is 0 Å². The van der Waals surface area contributed by atoms with E-state index in [4.69, 9.17) is 11.5 Å². The molecule has 0 fully saturated rings. The van der Waals surface area contributed by atoms with Gasteiger partial charge >= 0.3 is 246 Å². The van der Waals surface area contributed by atoms with Crippen LogP contribution >= 0.6 is 0 Å². The molecule has 0 radical (unpaired) electrons. The first kappa shape index (κ1) is 26.3. The fourth-order valence-electron chi connectivity index (χ4n) is 6.40. The zero-order chi connectivity index (χ0) is 28.8. The van der Waals surface area contributed by atoms with Gasteiger partial charge in [0.1, 0.15) is 0 Å². The quantitative estimate of drug-likeness (QED) is 0.188. The van der Waals surface area contributed by atoms with Crippen molar-refractivity contribution in [1.29, 1.82) is 0 Å². The van der Waals surface area contributed by atoms with E-state index in [2.05, 4.69) is 0 Å². The predicted molar refractivity (Wildman–Crippen MR) is 166 cm³/mol. The number of rotatable bonds is 6. The van der Waals surface area contributed by atoms with Crippen molar-refractivity contribution in [2.24, 2.45) is 0 Å². The van der Waals surface area contributed by atoms with Crippen LogP contribution in [0.25, 0.3) is 27.6 Å². The summed E-state index contributed by atoms with van der Waals surface area (Å²) in [5.41, 5.74) is 2.76. The molecule has 1 atom stereocenters. The Bertz CT molecular complexity index is 1970. The van der Waals surface area contributed by atoms with E-state index in [1.165, 1.54) is 0 Å². The molecule has 5 aromatic carbocycles. The summed E-state index contributed by atoms with van der Waals surface area (Å²) in [4.78, 5) is 33.5. The summed E-state index contributed by atoms with van der Waals surface area (Å²) in [5, 5.41) is 3.38. The van der Waals surface area contributed by atoms with Gasteiger partial charge in [-0.25, -0.2) is 0 Å². The Morgan fingerprint density at radius 3 is 1.83 bits per heavy atom. The van der Waals surface area contributed by atoms with Crippen LogP contribution in [0.2, 0.25) is 0 Å². The molecule has 7 rings (SSSR count). The van der Waals surface area contributed by atoms with E-state index in [0.717, 1.165) is 36.5 Å². The van der Waals surface area contributed by atoms with Gasteiger partial charge in [-0.05, 0) is 0 Å². The van der Waals surface area contributed by atoms with Gasteiger partial charge in [-0.2, -0.15) is 0 Å². The molecular formula is C37H28O4Ti. The van der Waals surface area contributed by atoms with Crippen molar-refractivity contribution in [2.45, 2.75) is 10.6 Å². The first-order valence-electron chi connectivity index (χ1n) is 14.0. The summed E-state index contributed by atoms with van der Waals surface area (Å²) in [6.07, 6.45) is 10.3. The third kappa shape index (κ3) is 4.15. The van der Waals surface area contributed by atoms with E-state index in [1.807, 2.05) is 127 Å². The van der Waals surface area contributed by atoms with Crippen LogP contribution in [-0.2, 0) is 22.3 Å². The summed E-state index contributed by atoms with van der Waals surface area (Å²) in [5.74, 6) is -1.09. The molecule has 2 aliphatic rings. The Kier molecular flexibility index (Phi) is 6.27. The van der Waals surface area contributed by atoms with Gasteiger partial charge in [0.05, 0.1) is 0 Å². The predicted octanol–water partition coefficient (Wildman–Crippen LogP) is 8.57. The van der Waals surface area contributed by atoms with Crippen LogP contribution in [0.5, 0.6) is 0 Å². The van der Waals surface area contributed by atoms with Gasteiger partial charge in [-0.1, -0.05) is 0 Å². The van der Waals surface area contributed by atoms with Crippen LogP contribution in [-0.4, -0.2) is 16.8 Å². The molecule has 1 unspecified atom stereocenters. The summed E-state index contributed by atoms with van der Waals surface area (Å²) in [7, 11) is 0. The Morgan fingerprint density at radius 1 is 0.690 bits per heavy atom. The van der Waals surface area contributed by atoms with E-state index in [0.29, 0.717) is 17.5 Å². The molecule has 0 spiro atoms. The molecule has 0 amide bonds. The van der Waals surface area contributed by atoms with Gasteiger partial charge in [-0.15, -0.1) is 0 Å². The van der Waals surface area contributed by atoms with Crippen molar-refractivity contribution >= 4 is 44.4 Å². The second-order valence-electron chi connectivity index (χ2n) is 11.0. The Morgan fingerprint density at radius 2 is 1.24 bits per heavy atom. The van der Waals surface area contributed by atoms with Crippen LogP contribution < -0.4 is 0 Å². The van der Waals surface area contributed by atoms with Crippen molar-refractivity contribution in [3.05, 3.63) is 160 Å². The molecular weight excluding hydrogens is 556 g/mol. The Labute approximate surface area is 245 Å². The average molecular weight is 584 g/mol. The molecule has 0 bridgehead atoms. The zero-order valence-electron chi connectivity index (χ0n) is 22.9. The first-order valence-corrected chi connectivity index (χ1v) is 18.1. The summed E-state index contributed by atoms with van der Waals surface area (Å²) < 4.78 is 13.8. The maximum atomic E-state index is 14.4. The van der Waals surface area contributed by atoms with Crippen LogP contribution in [0.3, 0.4) is 0 Å². The van der Waals surface area contributed by atoms with Crippen molar-refractivity contribution in [2.75, 3.05) is 0 Å². The molecule has 5 aromatic rings. The molecule has 0 N–H and O–H groups in total. The van der Waals surface area contributed by atoms with Gasteiger partial charge < -0.3 is 0 Å². The normalized spacial score (nSPS) is 15.9. The van der Waals surface area contributed by atoms with Crippen LogP contribution in [0.4, 0.5) is 0 Å². The van der Waals surface area contributed by atoms with Crippen LogP contribution in [0.15, 0.2) is 137 Å². The number of hydrogen-bond donors (Lipinski definition) is 0. The molecule has 0 heterocycles. The zero-order valence-corrected chi connectivity index (χ0v) is 24.5. The standard InChI is InChI=1S/2C11H8O2.C9H7.C5H5.CH2.Ti/c2*12-11(13)10-7-3-5-8-4-1-2-6-9(8)10;1-2-5-9-7-3-6-8(9)4-1;1-2-4-5-3-1;;/h2*1-7H,(H,12,13);1-7H;1-3H,4H2;1H2;/q;;;;;+2/p-2. The van der Waals surface area contributed by atoms with Gasteiger partial charge in [0.15, 0.2) is 0 Å². The number of fused-ring (bicyclic) bond motifs is 3. The topological polar surface area (TPSA) is 52.6 Å². The third-order valence-electron chi connectivity index (χ3n) is 8.53. The van der Waals surface area contributed by atoms with Crippen molar-refractivity contribution in [3.63, 3.8) is 0 Å². The fourth-order valence-corrected chi connectivity index (χ4v) is 13.2. The average Bonchev–Trinajstić information content (AvgIpc) is 3.73. The van der Waals surface area contributed by atoms with Crippen LogP contribution in [0.1, 0.15) is 42.5 Å². The molecule has 4 nitrogen and oxygen atoms in total. The minimum absolute atomic E-state index is 0.412. The van der Waals surface area contributed by atoms with Gasteiger partial charge in [-0.3, -0.25) is 0 Å².